The fourth-order valence-electron chi connectivity index (χ4n) is 1.77. The molecule has 3 heteroatoms. The van der Waals surface area contributed by atoms with Gasteiger partial charge in [-0.2, -0.15) is 0 Å². The zero-order valence-corrected chi connectivity index (χ0v) is 7.92. The summed E-state index contributed by atoms with van der Waals surface area (Å²) in [5.74, 6) is 1.27. The number of aliphatic hydroxyl groups is 1. The van der Waals surface area contributed by atoms with Crippen LogP contribution < -0.4 is 5.32 Å². The minimum atomic E-state index is -0.574. The Balaban J connectivity index is 2.28. The van der Waals surface area contributed by atoms with E-state index in [1.165, 1.54) is 0 Å². The number of aliphatic hydroxyl groups excluding tert-OH is 1. The second-order valence-corrected chi connectivity index (χ2v) is 3.66. The highest BCUT2D eigenvalue weighted by molar-refractivity contribution is 4.75. The lowest BCUT2D eigenvalue weighted by atomic mass is 9.85. The Morgan fingerprint density at radius 3 is 3.00 bits per heavy atom. The average Bonchev–Trinajstić information content (AvgIpc) is 2.09. The molecular weight excluding hydrogens is 154 g/mol. The summed E-state index contributed by atoms with van der Waals surface area (Å²) < 4.78 is 4.84. The van der Waals surface area contributed by atoms with Crippen LogP contribution in [0.2, 0.25) is 0 Å². The highest BCUT2D eigenvalue weighted by atomic mass is 16.6. The Bertz CT molecular complexity index is 130. The molecule has 0 aromatic heterocycles. The minimum absolute atomic E-state index is 0.574. The van der Waals surface area contributed by atoms with Crippen LogP contribution in [0.4, 0.5) is 0 Å². The lowest BCUT2D eigenvalue weighted by molar-refractivity contribution is -0.0926. The molecule has 1 fully saturated rings. The van der Waals surface area contributed by atoms with Crippen molar-refractivity contribution in [3.63, 3.8) is 0 Å². The summed E-state index contributed by atoms with van der Waals surface area (Å²) in [6, 6.07) is 0. The molecule has 1 aliphatic heterocycles. The molecule has 0 spiro atoms. The molecule has 3 unspecified atom stereocenters. The Morgan fingerprint density at radius 1 is 1.67 bits per heavy atom. The van der Waals surface area contributed by atoms with Crippen LogP contribution in [0.15, 0.2) is 0 Å². The third-order valence-corrected chi connectivity index (χ3v) is 2.74. The van der Waals surface area contributed by atoms with Gasteiger partial charge in [0.05, 0.1) is 0 Å². The van der Waals surface area contributed by atoms with Crippen molar-refractivity contribution < 1.29 is 9.84 Å². The number of hydrogen-bond acceptors (Lipinski definition) is 3. The van der Waals surface area contributed by atoms with E-state index in [2.05, 4.69) is 12.2 Å². The smallest absolute Gasteiger partial charge is 0.154 e. The molecule has 12 heavy (non-hydrogen) atoms. The number of nitrogens with one attached hydrogen (secondary N) is 1. The summed E-state index contributed by atoms with van der Waals surface area (Å²) >= 11 is 0. The zero-order chi connectivity index (χ0) is 8.97. The molecule has 0 bridgehead atoms. The van der Waals surface area contributed by atoms with Gasteiger partial charge in [0, 0.05) is 13.5 Å². The third-order valence-electron chi connectivity index (χ3n) is 2.74. The molecule has 1 aliphatic rings. The third kappa shape index (κ3) is 2.73. The number of methoxy groups -OCH3 is 1. The molecule has 1 saturated heterocycles. The van der Waals surface area contributed by atoms with Gasteiger partial charge in [-0.3, -0.25) is 0 Å². The van der Waals surface area contributed by atoms with Gasteiger partial charge >= 0.3 is 0 Å². The number of hydrogen-bond donors (Lipinski definition) is 2. The summed E-state index contributed by atoms with van der Waals surface area (Å²) in [7, 11) is 1.55. The second kappa shape index (κ2) is 4.80. The molecule has 0 radical (unpaired) electrons. The fraction of sp³-hybridized carbons (Fsp3) is 1.00. The highest BCUT2D eigenvalue weighted by Gasteiger charge is 2.23. The van der Waals surface area contributed by atoms with Gasteiger partial charge < -0.3 is 15.2 Å². The van der Waals surface area contributed by atoms with Gasteiger partial charge in [0.15, 0.2) is 6.29 Å². The van der Waals surface area contributed by atoms with Crippen molar-refractivity contribution in [2.24, 2.45) is 11.8 Å². The molecule has 1 rings (SSSR count). The van der Waals surface area contributed by atoms with Gasteiger partial charge in [-0.25, -0.2) is 0 Å². The van der Waals surface area contributed by atoms with Crippen LogP contribution in [0.5, 0.6) is 0 Å². The van der Waals surface area contributed by atoms with Crippen LogP contribution in [-0.2, 0) is 4.74 Å². The SMILES string of the molecule is COC(O)CC1CCNCC1C. The van der Waals surface area contributed by atoms with E-state index in [0.717, 1.165) is 25.9 Å². The normalized spacial score (nSPS) is 33.2. The standard InChI is InChI=1S/C9H19NO2/c1-7-6-10-4-3-8(7)5-9(11)12-2/h7-11H,3-6H2,1-2H3. The molecule has 0 aromatic carbocycles. The van der Waals surface area contributed by atoms with Gasteiger partial charge in [0.25, 0.3) is 0 Å². The van der Waals surface area contributed by atoms with Gasteiger partial charge in [0.1, 0.15) is 0 Å². The maximum Gasteiger partial charge on any atom is 0.154 e. The first-order chi connectivity index (χ1) is 5.74. The Labute approximate surface area is 74.1 Å². The van der Waals surface area contributed by atoms with Gasteiger partial charge in [0.2, 0.25) is 0 Å². The molecule has 2 N–H and O–H groups in total. The van der Waals surface area contributed by atoms with Crippen molar-refractivity contribution >= 4 is 0 Å². The predicted molar refractivity (Wildman–Crippen MR) is 47.8 cm³/mol. The molecule has 3 nitrogen and oxygen atoms in total. The lowest BCUT2D eigenvalue weighted by Gasteiger charge is -2.30. The average molecular weight is 173 g/mol. The first-order valence-electron chi connectivity index (χ1n) is 4.65. The first-order valence-corrected chi connectivity index (χ1v) is 4.65. The maximum atomic E-state index is 9.29. The zero-order valence-electron chi connectivity index (χ0n) is 7.92. The molecule has 1 heterocycles. The van der Waals surface area contributed by atoms with Crippen LogP contribution in [0.1, 0.15) is 19.8 Å². The van der Waals surface area contributed by atoms with Crippen molar-refractivity contribution in [1.29, 1.82) is 0 Å². The minimum Gasteiger partial charge on any atom is -0.368 e. The van der Waals surface area contributed by atoms with E-state index in [0.29, 0.717) is 11.8 Å². The van der Waals surface area contributed by atoms with Gasteiger partial charge in [-0.15, -0.1) is 0 Å². The van der Waals surface area contributed by atoms with Crippen LogP contribution in [-0.4, -0.2) is 31.6 Å². The van der Waals surface area contributed by atoms with Crippen molar-refractivity contribution in [2.45, 2.75) is 26.1 Å². The summed E-state index contributed by atoms with van der Waals surface area (Å²) in [5.41, 5.74) is 0. The van der Waals surface area contributed by atoms with Crippen LogP contribution >= 0.6 is 0 Å². The van der Waals surface area contributed by atoms with E-state index in [4.69, 9.17) is 4.74 Å². The molecule has 72 valence electrons. The van der Waals surface area contributed by atoms with Crippen molar-refractivity contribution in [1.82, 2.24) is 5.32 Å². The Hall–Kier alpha value is -0.120. The summed E-state index contributed by atoms with van der Waals surface area (Å²) in [5, 5.41) is 12.6. The number of ether oxygens (including phenoxy) is 1. The molecule has 3 atom stereocenters. The van der Waals surface area contributed by atoms with Crippen LogP contribution in [0.3, 0.4) is 0 Å². The van der Waals surface area contributed by atoms with E-state index in [-0.39, 0.29) is 0 Å². The topological polar surface area (TPSA) is 41.5 Å². The first kappa shape index (κ1) is 9.96. The molecule has 0 saturated carbocycles. The van der Waals surface area contributed by atoms with E-state index in [1.807, 2.05) is 0 Å². The van der Waals surface area contributed by atoms with Crippen molar-refractivity contribution in [3.8, 4) is 0 Å². The van der Waals surface area contributed by atoms with Crippen molar-refractivity contribution in [2.75, 3.05) is 20.2 Å². The van der Waals surface area contributed by atoms with Gasteiger partial charge in [-0.1, -0.05) is 6.92 Å². The van der Waals surface area contributed by atoms with Crippen molar-refractivity contribution in [3.05, 3.63) is 0 Å². The highest BCUT2D eigenvalue weighted by Crippen LogP contribution is 2.23. The lowest BCUT2D eigenvalue weighted by Crippen LogP contribution is -2.36. The van der Waals surface area contributed by atoms with Gasteiger partial charge in [-0.05, 0) is 31.3 Å². The summed E-state index contributed by atoms with van der Waals surface area (Å²) in [6.45, 7) is 4.37. The van der Waals surface area contributed by atoms with E-state index < -0.39 is 6.29 Å². The predicted octanol–water partition coefficient (Wildman–Crippen LogP) is 0.587. The number of piperidine rings is 1. The van der Waals surface area contributed by atoms with E-state index in [1.54, 1.807) is 7.11 Å². The second-order valence-electron chi connectivity index (χ2n) is 3.66. The molecule has 0 amide bonds. The fourth-order valence-corrected chi connectivity index (χ4v) is 1.77. The van der Waals surface area contributed by atoms with Crippen LogP contribution in [0.25, 0.3) is 0 Å². The molecule has 0 aromatic rings. The Morgan fingerprint density at radius 2 is 2.42 bits per heavy atom. The van der Waals surface area contributed by atoms with E-state index >= 15 is 0 Å². The van der Waals surface area contributed by atoms with Crippen LogP contribution in [0, 0.1) is 11.8 Å². The Kier molecular flexibility index (Phi) is 3.98. The molecular formula is C9H19NO2. The largest absolute Gasteiger partial charge is 0.368 e. The number of rotatable bonds is 3. The maximum absolute atomic E-state index is 9.29. The summed E-state index contributed by atoms with van der Waals surface area (Å²) in [4.78, 5) is 0. The monoisotopic (exact) mass is 173 g/mol. The quantitative estimate of drug-likeness (QED) is 0.614. The summed E-state index contributed by atoms with van der Waals surface area (Å²) in [6.07, 6.45) is 1.36. The molecule has 0 aliphatic carbocycles. The van der Waals surface area contributed by atoms with E-state index in [9.17, 15) is 5.11 Å².